The Kier molecular flexibility index (Phi) is 6.12. The number of amides is 1. The Labute approximate surface area is 120 Å². The summed E-state index contributed by atoms with van der Waals surface area (Å²) in [6.07, 6.45) is 1.84. The molecule has 0 saturated carbocycles. The number of carbonyl (C=O) groups excluding carboxylic acids is 1. The summed E-state index contributed by atoms with van der Waals surface area (Å²) in [4.78, 5) is 11.9. The number of halogens is 1. The van der Waals surface area contributed by atoms with Crippen LogP contribution < -0.4 is 15.8 Å². The van der Waals surface area contributed by atoms with Crippen molar-refractivity contribution in [1.29, 1.82) is 0 Å². The van der Waals surface area contributed by atoms with E-state index in [1.165, 1.54) is 0 Å². The van der Waals surface area contributed by atoms with Gasteiger partial charge in [0.2, 0.25) is 5.91 Å². The van der Waals surface area contributed by atoms with Crippen molar-refractivity contribution < 1.29 is 9.53 Å². The molecule has 0 aromatic heterocycles. The number of benzene rings is 1. The third-order valence-corrected chi connectivity index (χ3v) is 3.31. The zero-order chi connectivity index (χ0) is 13.0. The maximum Gasteiger partial charge on any atom is 0.224 e. The average Bonchev–Trinajstić information content (AvgIpc) is 2.60. The van der Waals surface area contributed by atoms with Crippen LogP contribution in [0.1, 0.15) is 31.4 Å². The molecule has 1 aromatic rings. The second-order valence-electron chi connectivity index (χ2n) is 4.73. The Balaban J connectivity index is 0.00000180. The smallest absolute Gasteiger partial charge is 0.224 e. The summed E-state index contributed by atoms with van der Waals surface area (Å²) in [5.41, 5.74) is 6.58. The van der Waals surface area contributed by atoms with Crippen LogP contribution in [0.5, 0.6) is 5.75 Å². The molecule has 0 radical (unpaired) electrons. The number of hydrogen-bond donors (Lipinski definition) is 2. The highest BCUT2D eigenvalue weighted by atomic mass is 35.5. The summed E-state index contributed by atoms with van der Waals surface area (Å²) in [7, 11) is 0. The second kappa shape index (κ2) is 7.36. The van der Waals surface area contributed by atoms with E-state index < -0.39 is 0 Å². The molecule has 2 atom stereocenters. The van der Waals surface area contributed by atoms with Gasteiger partial charge in [-0.25, -0.2) is 0 Å². The van der Waals surface area contributed by atoms with Gasteiger partial charge in [-0.3, -0.25) is 4.79 Å². The summed E-state index contributed by atoms with van der Waals surface area (Å²) in [6, 6.07) is 7.92. The Bertz CT molecular complexity index is 426. The Morgan fingerprint density at radius 2 is 2.26 bits per heavy atom. The third-order valence-electron chi connectivity index (χ3n) is 3.31. The molecule has 1 aromatic carbocycles. The lowest BCUT2D eigenvalue weighted by Crippen LogP contribution is -2.35. The molecule has 4 nitrogen and oxygen atoms in total. The molecule has 2 unspecified atom stereocenters. The van der Waals surface area contributed by atoms with Gasteiger partial charge in [0, 0.05) is 18.0 Å². The minimum Gasteiger partial charge on any atom is -0.493 e. The van der Waals surface area contributed by atoms with E-state index in [9.17, 15) is 4.79 Å². The van der Waals surface area contributed by atoms with Crippen LogP contribution in [-0.4, -0.2) is 19.1 Å². The molecule has 0 saturated heterocycles. The molecule has 0 aliphatic carbocycles. The SMILES string of the molecule is CC(CN)C(=O)NC1CCCOc2ccccc21.Cl. The van der Waals surface area contributed by atoms with Crippen LogP contribution in [0.15, 0.2) is 24.3 Å². The maximum atomic E-state index is 11.9. The third kappa shape index (κ3) is 3.85. The normalized spacial score (nSPS) is 19.2. The summed E-state index contributed by atoms with van der Waals surface area (Å²) < 4.78 is 5.67. The van der Waals surface area contributed by atoms with Crippen molar-refractivity contribution in [3.05, 3.63) is 29.8 Å². The number of hydrogen-bond acceptors (Lipinski definition) is 3. The van der Waals surface area contributed by atoms with Crippen molar-refractivity contribution in [1.82, 2.24) is 5.32 Å². The summed E-state index contributed by atoms with van der Waals surface area (Å²) in [5.74, 6) is 0.737. The summed E-state index contributed by atoms with van der Waals surface area (Å²) >= 11 is 0. The van der Waals surface area contributed by atoms with Crippen LogP contribution in [0.2, 0.25) is 0 Å². The Morgan fingerprint density at radius 3 is 3.00 bits per heavy atom. The fourth-order valence-electron chi connectivity index (χ4n) is 2.10. The van der Waals surface area contributed by atoms with E-state index in [-0.39, 0.29) is 30.3 Å². The molecular formula is C14H21ClN2O2. The van der Waals surface area contributed by atoms with E-state index in [4.69, 9.17) is 10.5 Å². The molecule has 1 heterocycles. The number of ether oxygens (including phenoxy) is 1. The molecule has 106 valence electrons. The van der Waals surface area contributed by atoms with Crippen molar-refractivity contribution in [2.75, 3.05) is 13.2 Å². The number of nitrogens with one attached hydrogen (secondary N) is 1. The molecule has 1 aliphatic rings. The van der Waals surface area contributed by atoms with Crippen LogP contribution in [0.3, 0.4) is 0 Å². The monoisotopic (exact) mass is 284 g/mol. The molecule has 19 heavy (non-hydrogen) atoms. The van der Waals surface area contributed by atoms with E-state index in [1.54, 1.807) is 0 Å². The first-order valence-corrected chi connectivity index (χ1v) is 6.44. The fraction of sp³-hybridized carbons (Fsp3) is 0.500. The molecule has 0 fully saturated rings. The van der Waals surface area contributed by atoms with Gasteiger partial charge in [0.05, 0.1) is 12.6 Å². The number of carbonyl (C=O) groups is 1. The predicted octanol–water partition coefficient (Wildman–Crippen LogP) is 2.03. The molecule has 0 bridgehead atoms. The second-order valence-corrected chi connectivity index (χ2v) is 4.73. The largest absolute Gasteiger partial charge is 0.493 e. The van der Waals surface area contributed by atoms with Gasteiger partial charge in [0.15, 0.2) is 0 Å². The number of para-hydroxylation sites is 1. The van der Waals surface area contributed by atoms with Crippen LogP contribution >= 0.6 is 12.4 Å². The predicted molar refractivity (Wildman–Crippen MR) is 77.5 cm³/mol. The van der Waals surface area contributed by atoms with E-state index in [0.29, 0.717) is 13.2 Å². The van der Waals surface area contributed by atoms with Gasteiger partial charge in [-0.05, 0) is 18.9 Å². The summed E-state index contributed by atoms with van der Waals surface area (Å²) in [6.45, 7) is 2.92. The zero-order valence-corrected chi connectivity index (χ0v) is 11.9. The number of nitrogens with two attached hydrogens (primary N) is 1. The molecule has 5 heteroatoms. The lowest BCUT2D eigenvalue weighted by Gasteiger charge is -2.20. The van der Waals surface area contributed by atoms with Gasteiger partial charge in [-0.2, -0.15) is 0 Å². The number of rotatable bonds is 3. The van der Waals surface area contributed by atoms with Gasteiger partial charge >= 0.3 is 0 Å². The Morgan fingerprint density at radius 1 is 1.53 bits per heavy atom. The van der Waals surface area contributed by atoms with Crippen LogP contribution in [0.25, 0.3) is 0 Å². The molecule has 2 rings (SSSR count). The van der Waals surface area contributed by atoms with E-state index in [0.717, 1.165) is 24.2 Å². The molecule has 1 amide bonds. The highest BCUT2D eigenvalue weighted by Crippen LogP contribution is 2.31. The first-order valence-electron chi connectivity index (χ1n) is 6.44. The molecular weight excluding hydrogens is 264 g/mol. The van der Waals surface area contributed by atoms with Crippen molar-refractivity contribution in [2.45, 2.75) is 25.8 Å². The van der Waals surface area contributed by atoms with Gasteiger partial charge in [0.25, 0.3) is 0 Å². The minimum absolute atomic E-state index is 0. The van der Waals surface area contributed by atoms with Crippen LogP contribution in [0.4, 0.5) is 0 Å². The minimum atomic E-state index is -0.152. The highest BCUT2D eigenvalue weighted by molar-refractivity contribution is 5.85. The summed E-state index contributed by atoms with van der Waals surface area (Å²) in [5, 5.41) is 3.07. The van der Waals surface area contributed by atoms with E-state index in [2.05, 4.69) is 5.32 Å². The first-order chi connectivity index (χ1) is 8.72. The zero-order valence-electron chi connectivity index (χ0n) is 11.1. The van der Waals surface area contributed by atoms with Crippen LogP contribution in [-0.2, 0) is 4.79 Å². The van der Waals surface area contributed by atoms with Crippen molar-refractivity contribution in [3.8, 4) is 5.75 Å². The van der Waals surface area contributed by atoms with Crippen molar-refractivity contribution in [2.24, 2.45) is 11.7 Å². The topological polar surface area (TPSA) is 64.4 Å². The number of fused-ring (bicyclic) bond motifs is 1. The van der Waals surface area contributed by atoms with Crippen molar-refractivity contribution >= 4 is 18.3 Å². The standard InChI is InChI=1S/C14H20N2O2.ClH/c1-10(9-15)14(17)16-12-6-4-8-18-13-7-3-2-5-11(12)13;/h2-3,5,7,10,12H,4,6,8-9,15H2,1H3,(H,16,17);1H. The first kappa shape index (κ1) is 15.8. The van der Waals surface area contributed by atoms with E-state index >= 15 is 0 Å². The van der Waals surface area contributed by atoms with Gasteiger partial charge in [-0.1, -0.05) is 25.1 Å². The molecule has 1 aliphatic heterocycles. The molecule has 3 N–H and O–H groups in total. The van der Waals surface area contributed by atoms with E-state index in [1.807, 2.05) is 31.2 Å². The maximum absolute atomic E-state index is 11.9. The quantitative estimate of drug-likeness (QED) is 0.893. The van der Waals surface area contributed by atoms with Gasteiger partial charge < -0.3 is 15.8 Å². The molecule has 0 spiro atoms. The Hall–Kier alpha value is -1.26. The lowest BCUT2D eigenvalue weighted by molar-refractivity contribution is -0.125. The van der Waals surface area contributed by atoms with Gasteiger partial charge in [0.1, 0.15) is 5.75 Å². The van der Waals surface area contributed by atoms with Crippen molar-refractivity contribution in [3.63, 3.8) is 0 Å². The average molecular weight is 285 g/mol. The van der Waals surface area contributed by atoms with Gasteiger partial charge in [-0.15, -0.1) is 12.4 Å². The lowest BCUT2D eigenvalue weighted by atomic mass is 10.0. The van der Waals surface area contributed by atoms with Crippen LogP contribution in [0, 0.1) is 5.92 Å². The highest BCUT2D eigenvalue weighted by Gasteiger charge is 2.22. The fourth-order valence-corrected chi connectivity index (χ4v) is 2.10.